The lowest BCUT2D eigenvalue weighted by Gasteiger charge is -2.42. The van der Waals surface area contributed by atoms with Crippen molar-refractivity contribution in [2.75, 3.05) is 33.4 Å². The number of fused-ring (bicyclic) bond motifs is 3. The Morgan fingerprint density at radius 2 is 1.52 bits per heavy atom. The highest BCUT2D eigenvalue weighted by atomic mass is 16.5. The van der Waals surface area contributed by atoms with E-state index in [1.807, 2.05) is 42.5 Å². The van der Waals surface area contributed by atoms with Crippen molar-refractivity contribution < 1.29 is 29.0 Å². The van der Waals surface area contributed by atoms with Gasteiger partial charge >= 0.3 is 12.1 Å². The first-order valence-electron chi connectivity index (χ1n) is 14.3. The maximum atomic E-state index is 13.3. The molecule has 1 fully saturated rings. The topological polar surface area (TPSA) is 117 Å². The number of carbonyl (C=O) groups excluding carboxylic acids is 2. The normalized spacial score (nSPS) is 16.6. The molecule has 3 aromatic rings. The maximum Gasteiger partial charge on any atom is 0.407 e. The molecule has 2 amide bonds. The monoisotopic (exact) mass is 571 g/mol. The quantitative estimate of drug-likeness (QED) is 0.316. The predicted molar refractivity (Wildman–Crippen MR) is 158 cm³/mol. The fourth-order valence-electron chi connectivity index (χ4n) is 6.07. The van der Waals surface area contributed by atoms with E-state index >= 15 is 0 Å². The molecule has 0 spiro atoms. The molecule has 1 heterocycles. The van der Waals surface area contributed by atoms with Crippen molar-refractivity contribution in [3.8, 4) is 11.1 Å². The summed E-state index contributed by atoms with van der Waals surface area (Å²) in [7, 11) is 1.38. The number of likely N-dealkylation sites (tertiary alicyclic amines) is 1. The minimum absolute atomic E-state index is 0.0656. The SMILES string of the molecule is COC[C@H](NC(=O)CC1(NC(=O)OCC2c3ccccc3-c3ccccc32)CCN(Cc2ccccc2)CC1)C(=O)O. The van der Waals surface area contributed by atoms with Crippen LogP contribution in [0, 0.1) is 0 Å². The Labute approximate surface area is 245 Å². The molecular weight excluding hydrogens is 534 g/mol. The summed E-state index contributed by atoms with van der Waals surface area (Å²) in [6, 6.07) is 25.3. The van der Waals surface area contributed by atoms with Crippen molar-refractivity contribution in [3.05, 3.63) is 95.6 Å². The number of carbonyl (C=O) groups is 3. The van der Waals surface area contributed by atoms with Gasteiger partial charge in [0.1, 0.15) is 6.61 Å². The molecule has 0 aromatic heterocycles. The summed E-state index contributed by atoms with van der Waals surface area (Å²) < 4.78 is 10.8. The zero-order valence-corrected chi connectivity index (χ0v) is 23.8. The third-order valence-corrected chi connectivity index (χ3v) is 8.24. The fraction of sp³-hybridized carbons (Fsp3) is 0.364. The number of hydrogen-bond acceptors (Lipinski definition) is 6. The largest absolute Gasteiger partial charge is 0.480 e. The van der Waals surface area contributed by atoms with Crippen LogP contribution in [0.1, 0.15) is 41.9 Å². The average Bonchev–Trinajstić information content (AvgIpc) is 3.31. The number of hydrogen-bond donors (Lipinski definition) is 3. The molecule has 0 radical (unpaired) electrons. The number of methoxy groups -OCH3 is 1. The third kappa shape index (κ3) is 6.80. The summed E-state index contributed by atoms with van der Waals surface area (Å²) in [5, 5.41) is 15.0. The number of benzene rings is 3. The summed E-state index contributed by atoms with van der Waals surface area (Å²) in [5.41, 5.74) is 4.84. The molecule has 0 saturated carbocycles. The van der Waals surface area contributed by atoms with Crippen LogP contribution in [0.5, 0.6) is 0 Å². The van der Waals surface area contributed by atoms with E-state index in [-0.39, 0.29) is 25.6 Å². The van der Waals surface area contributed by atoms with Gasteiger partial charge in [0, 0.05) is 39.1 Å². The molecule has 220 valence electrons. The molecule has 1 atom stereocenters. The molecule has 2 aliphatic rings. The zero-order chi connectivity index (χ0) is 29.5. The number of amides is 2. The van der Waals surface area contributed by atoms with E-state index in [0.29, 0.717) is 25.9 Å². The Morgan fingerprint density at radius 1 is 0.929 bits per heavy atom. The number of nitrogens with zero attached hydrogens (tertiary/aromatic N) is 1. The summed E-state index contributed by atoms with van der Waals surface area (Å²) in [4.78, 5) is 40.2. The van der Waals surface area contributed by atoms with E-state index in [1.54, 1.807) is 0 Å². The molecule has 1 saturated heterocycles. The van der Waals surface area contributed by atoms with Gasteiger partial charge in [0.2, 0.25) is 5.91 Å². The van der Waals surface area contributed by atoms with Crippen LogP contribution in [0.3, 0.4) is 0 Å². The molecular formula is C33H37N3O6. The highest BCUT2D eigenvalue weighted by molar-refractivity contribution is 5.85. The molecule has 1 aliphatic heterocycles. The lowest BCUT2D eigenvalue weighted by molar-refractivity contribution is -0.143. The number of nitrogens with one attached hydrogen (secondary N) is 2. The van der Waals surface area contributed by atoms with Gasteiger partial charge in [-0.05, 0) is 40.7 Å². The fourth-order valence-corrected chi connectivity index (χ4v) is 6.07. The molecule has 3 N–H and O–H groups in total. The van der Waals surface area contributed by atoms with Gasteiger partial charge in [-0.3, -0.25) is 9.69 Å². The Hall–Kier alpha value is -4.21. The van der Waals surface area contributed by atoms with Crippen molar-refractivity contribution >= 4 is 18.0 Å². The van der Waals surface area contributed by atoms with E-state index in [0.717, 1.165) is 28.8 Å². The first-order valence-corrected chi connectivity index (χ1v) is 14.3. The molecule has 9 heteroatoms. The van der Waals surface area contributed by atoms with Gasteiger partial charge in [0.25, 0.3) is 0 Å². The van der Waals surface area contributed by atoms with Gasteiger partial charge in [0.05, 0.1) is 12.1 Å². The third-order valence-electron chi connectivity index (χ3n) is 8.24. The van der Waals surface area contributed by atoms with Crippen molar-refractivity contribution in [1.29, 1.82) is 0 Å². The Balaban J connectivity index is 1.27. The molecule has 0 unspecified atom stereocenters. The number of alkyl carbamates (subject to hydrolysis) is 1. The number of rotatable bonds is 11. The molecule has 9 nitrogen and oxygen atoms in total. The summed E-state index contributed by atoms with van der Waals surface area (Å²) in [6.07, 6.45) is 0.371. The lowest BCUT2D eigenvalue weighted by atomic mass is 9.83. The van der Waals surface area contributed by atoms with Gasteiger partial charge in [-0.1, -0.05) is 78.9 Å². The number of carboxylic acid groups (broad SMARTS) is 1. The first-order chi connectivity index (χ1) is 20.4. The van der Waals surface area contributed by atoms with Crippen LogP contribution < -0.4 is 10.6 Å². The predicted octanol–water partition coefficient (Wildman–Crippen LogP) is 4.17. The van der Waals surface area contributed by atoms with Crippen molar-refractivity contribution in [1.82, 2.24) is 15.5 Å². The minimum atomic E-state index is -1.18. The number of piperidine rings is 1. The van der Waals surface area contributed by atoms with Crippen molar-refractivity contribution in [2.45, 2.75) is 43.3 Å². The van der Waals surface area contributed by atoms with Crippen LogP contribution in [0.15, 0.2) is 78.9 Å². The highest BCUT2D eigenvalue weighted by Gasteiger charge is 2.39. The zero-order valence-electron chi connectivity index (χ0n) is 23.8. The maximum absolute atomic E-state index is 13.3. The Kier molecular flexibility index (Phi) is 9.19. The number of ether oxygens (including phenoxy) is 2. The van der Waals surface area contributed by atoms with Gasteiger partial charge < -0.3 is 25.2 Å². The minimum Gasteiger partial charge on any atom is -0.480 e. The number of carboxylic acids is 1. The van der Waals surface area contributed by atoms with E-state index in [9.17, 15) is 19.5 Å². The molecule has 3 aromatic carbocycles. The van der Waals surface area contributed by atoms with Crippen molar-refractivity contribution in [3.63, 3.8) is 0 Å². The van der Waals surface area contributed by atoms with Gasteiger partial charge in [0.15, 0.2) is 6.04 Å². The van der Waals surface area contributed by atoms with Gasteiger partial charge in [-0.2, -0.15) is 0 Å². The molecule has 42 heavy (non-hydrogen) atoms. The van der Waals surface area contributed by atoms with E-state index in [1.165, 1.54) is 12.7 Å². The van der Waals surface area contributed by atoms with E-state index in [4.69, 9.17) is 9.47 Å². The van der Waals surface area contributed by atoms with E-state index in [2.05, 4.69) is 51.9 Å². The Morgan fingerprint density at radius 3 is 2.12 bits per heavy atom. The van der Waals surface area contributed by atoms with Gasteiger partial charge in [-0.15, -0.1) is 0 Å². The second-order valence-corrected chi connectivity index (χ2v) is 11.1. The molecule has 5 rings (SSSR count). The summed E-state index contributed by atoms with van der Waals surface area (Å²) >= 11 is 0. The number of aliphatic carboxylic acids is 1. The second-order valence-electron chi connectivity index (χ2n) is 11.1. The summed E-state index contributed by atoms with van der Waals surface area (Å²) in [5.74, 6) is -1.73. The van der Waals surface area contributed by atoms with Crippen LogP contribution in [-0.2, 0) is 25.6 Å². The standard InChI is InChI=1S/C33H37N3O6/c1-41-22-29(31(38)39)34-30(37)19-33(15-17-36(18-16-33)20-23-9-3-2-4-10-23)35-32(40)42-21-28-26-13-7-5-11-24(26)25-12-6-8-14-27(25)28/h2-14,28-29H,15-22H2,1H3,(H,34,37)(H,35,40)(H,38,39)/t29-/m0/s1. The Bertz CT molecular complexity index is 1360. The second kappa shape index (κ2) is 13.2. The van der Waals surface area contributed by atoms with Crippen LogP contribution in [0.2, 0.25) is 0 Å². The van der Waals surface area contributed by atoms with Crippen LogP contribution >= 0.6 is 0 Å². The highest BCUT2D eigenvalue weighted by Crippen LogP contribution is 2.44. The molecule has 1 aliphatic carbocycles. The van der Waals surface area contributed by atoms with Gasteiger partial charge in [-0.25, -0.2) is 9.59 Å². The summed E-state index contributed by atoms with van der Waals surface area (Å²) in [6.45, 7) is 2.09. The van der Waals surface area contributed by atoms with Crippen molar-refractivity contribution in [2.24, 2.45) is 0 Å². The first kappa shape index (κ1) is 29.3. The van der Waals surface area contributed by atoms with Crippen LogP contribution in [0.25, 0.3) is 11.1 Å². The lowest BCUT2D eigenvalue weighted by Crippen LogP contribution is -2.58. The van der Waals surface area contributed by atoms with Crippen LogP contribution in [0.4, 0.5) is 4.79 Å². The average molecular weight is 572 g/mol. The smallest absolute Gasteiger partial charge is 0.407 e. The van der Waals surface area contributed by atoms with E-state index < -0.39 is 29.6 Å². The molecule has 0 bridgehead atoms. The van der Waals surface area contributed by atoms with Crippen LogP contribution in [-0.4, -0.2) is 73.0 Å².